The van der Waals surface area contributed by atoms with Crippen LogP contribution in [0.3, 0.4) is 0 Å². The number of ether oxygens (including phenoxy) is 1. The van der Waals surface area contributed by atoms with E-state index in [9.17, 15) is 0 Å². The van der Waals surface area contributed by atoms with Crippen LogP contribution in [0.5, 0.6) is 5.75 Å². The van der Waals surface area contributed by atoms with E-state index in [4.69, 9.17) is 14.8 Å². The minimum Gasteiger partial charge on any atom is -0.490 e. The molecule has 1 aromatic carbocycles. The Bertz CT molecular complexity index is 341. The van der Waals surface area contributed by atoms with Crippen molar-refractivity contribution < 1.29 is 14.8 Å². The Morgan fingerprint density at radius 1 is 1.20 bits per heavy atom. The maximum Gasteiger partial charge on any atom is 0.480 e. The van der Waals surface area contributed by atoms with E-state index in [0.717, 1.165) is 24.2 Å². The highest BCUT2D eigenvalue weighted by Gasteiger charge is 2.23. The van der Waals surface area contributed by atoms with E-state index >= 15 is 0 Å². The summed E-state index contributed by atoms with van der Waals surface area (Å²) < 4.78 is 5.58. The van der Waals surface area contributed by atoms with Crippen molar-refractivity contribution in [1.82, 2.24) is 0 Å². The first-order valence-corrected chi connectivity index (χ1v) is 5.05. The molecule has 0 amide bonds. The van der Waals surface area contributed by atoms with Crippen molar-refractivity contribution in [3.05, 3.63) is 35.8 Å². The molecule has 15 heavy (non-hydrogen) atoms. The molecular weight excluding hydrogens is 191 g/mol. The van der Waals surface area contributed by atoms with E-state index in [1.54, 1.807) is 6.08 Å². The van der Waals surface area contributed by atoms with Gasteiger partial charge in [-0.05, 0) is 30.5 Å². The number of benzene rings is 1. The van der Waals surface area contributed by atoms with Crippen LogP contribution in [0.4, 0.5) is 0 Å². The lowest BCUT2D eigenvalue weighted by Gasteiger charge is -2.03. The molecule has 0 spiro atoms. The van der Waals surface area contributed by atoms with Gasteiger partial charge < -0.3 is 14.8 Å². The minimum atomic E-state index is -1.40. The summed E-state index contributed by atoms with van der Waals surface area (Å²) in [6.45, 7) is 0. The lowest BCUT2D eigenvalue weighted by atomic mass is 9.91. The third kappa shape index (κ3) is 3.42. The van der Waals surface area contributed by atoms with Gasteiger partial charge in [-0.15, -0.1) is 0 Å². The Labute approximate surface area is 89.2 Å². The van der Waals surface area contributed by atoms with Crippen molar-refractivity contribution in [2.45, 2.75) is 18.9 Å². The van der Waals surface area contributed by atoms with Gasteiger partial charge >= 0.3 is 7.12 Å². The second-order valence-electron chi connectivity index (χ2n) is 3.66. The third-order valence-corrected chi connectivity index (χ3v) is 2.17. The minimum absolute atomic E-state index is 0.408. The van der Waals surface area contributed by atoms with Crippen molar-refractivity contribution in [2.75, 3.05) is 0 Å². The lowest BCUT2D eigenvalue weighted by molar-refractivity contribution is 0.303. The highest BCUT2D eigenvalue weighted by Crippen LogP contribution is 2.26. The van der Waals surface area contributed by atoms with Crippen LogP contribution in [0.25, 0.3) is 6.08 Å². The van der Waals surface area contributed by atoms with E-state index in [1.807, 2.05) is 24.3 Å². The van der Waals surface area contributed by atoms with Crippen molar-refractivity contribution in [3.63, 3.8) is 0 Å². The van der Waals surface area contributed by atoms with Crippen molar-refractivity contribution in [1.29, 1.82) is 0 Å². The Morgan fingerprint density at radius 3 is 2.40 bits per heavy atom. The van der Waals surface area contributed by atoms with E-state index in [0.29, 0.717) is 6.10 Å². The Hall–Kier alpha value is -1.26. The molecule has 0 heterocycles. The molecule has 0 atom stereocenters. The highest BCUT2D eigenvalue weighted by atomic mass is 16.5. The zero-order valence-electron chi connectivity index (χ0n) is 8.34. The predicted molar refractivity (Wildman–Crippen MR) is 59.3 cm³/mol. The third-order valence-electron chi connectivity index (χ3n) is 2.17. The summed E-state index contributed by atoms with van der Waals surface area (Å²) in [5.41, 5.74) is 0.922. The Kier molecular flexibility index (Phi) is 3.09. The number of hydrogen-bond donors (Lipinski definition) is 2. The van der Waals surface area contributed by atoms with Crippen molar-refractivity contribution in [2.24, 2.45) is 0 Å². The smallest absolute Gasteiger partial charge is 0.480 e. The molecule has 1 aliphatic rings. The van der Waals surface area contributed by atoms with Crippen LogP contribution < -0.4 is 4.74 Å². The fraction of sp³-hybridized carbons (Fsp3) is 0.273. The molecule has 3 nitrogen and oxygen atoms in total. The molecule has 1 aliphatic carbocycles. The highest BCUT2D eigenvalue weighted by molar-refractivity contribution is 6.48. The summed E-state index contributed by atoms with van der Waals surface area (Å²) >= 11 is 0. The van der Waals surface area contributed by atoms with Crippen LogP contribution in [-0.4, -0.2) is 23.3 Å². The standard InChI is InChI=1S/C11H13BO3/c13-12(14)8-7-9-1-3-10(4-2-9)15-11-5-6-11/h1-4,7-8,11,13-14H,5-6H2/b8-7+. The van der Waals surface area contributed by atoms with Crippen LogP contribution >= 0.6 is 0 Å². The van der Waals surface area contributed by atoms with Crippen molar-refractivity contribution >= 4 is 13.2 Å². The average Bonchev–Trinajstić information content (AvgIpc) is 3.01. The summed E-state index contributed by atoms with van der Waals surface area (Å²) in [6, 6.07) is 7.55. The molecule has 1 saturated carbocycles. The monoisotopic (exact) mass is 204 g/mol. The maximum atomic E-state index is 8.64. The van der Waals surface area contributed by atoms with Crippen molar-refractivity contribution in [3.8, 4) is 5.75 Å². The summed E-state index contributed by atoms with van der Waals surface area (Å²) in [6.07, 6.45) is 4.37. The number of hydrogen-bond acceptors (Lipinski definition) is 3. The fourth-order valence-electron chi connectivity index (χ4n) is 1.23. The molecule has 0 aromatic heterocycles. The first-order valence-electron chi connectivity index (χ1n) is 5.05. The summed E-state index contributed by atoms with van der Waals surface area (Å²) in [5.74, 6) is 2.19. The molecule has 1 aromatic rings. The average molecular weight is 204 g/mol. The molecule has 0 saturated heterocycles. The maximum absolute atomic E-state index is 8.64. The van der Waals surface area contributed by atoms with Gasteiger partial charge in [0, 0.05) is 0 Å². The van der Waals surface area contributed by atoms with Gasteiger partial charge in [-0.2, -0.15) is 0 Å². The van der Waals surface area contributed by atoms with Crippen LogP contribution in [0.15, 0.2) is 30.2 Å². The zero-order valence-corrected chi connectivity index (χ0v) is 8.34. The SMILES string of the molecule is OB(O)/C=C/c1ccc(OC2CC2)cc1. The van der Waals surface area contributed by atoms with Crippen LogP contribution in [0.1, 0.15) is 18.4 Å². The van der Waals surface area contributed by atoms with Crippen LogP contribution in [0, 0.1) is 0 Å². The fourth-order valence-corrected chi connectivity index (χ4v) is 1.23. The van der Waals surface area contributed by atoms with Gasteiger partial charge in [0.15, 0.2) is 0 Å². The molecule has 1 fully saturated rings. The zero-order chi connectivity index (χ0) is 10.7. The summed E-state index contributed by atoms with van der Waals surface area (Å²) in [4.78, 5) is 0. The summed E-state index contributed by atoms with van der Waals surface area (Å²) in [7, 11) is -1.40. The second-order valence-corrected chi connectivity index (χ2v) is 3.66. The quantitative estimate of drug-likeness (QED) is 0.725. The van der Waals surface area contributed by atoms with E-state index < -0.39 is 7.12 Å². The van der Waals surface area contributed by atoms with Gasteiger partial charge in [0.05, 0.1) is 6.10 Å². The van der Waals surface area contributed by atoms with Gasteiger partial charge in [0.2, 0.25) is 0 Å². The van der Waals surface area contributed by atoms with Gasteiger partial charge in [0.25, 0.3) is 0 Å². The van der Waals surface area contributed by atoms with Gasteiger partial charge in [-0.25, -0.2) is 0 Å². The van der Waals surface area contributed by atoms with E-state index in [2.05, 4.69) is 0 Å². The predicted octanol–water partition coefficient (Wildman–Crippen LogP) is 1.25. The van der Waals surface area contributed by atoms with E-state index in [-0.39, 0.29) is 0 Å². The molecule has 4 heteroatoms. The van der Waals surface area contributed by atoms with Gasteiger partial charge in [-0.1, -0.05) is 24.2 Å². The Morgan fingerprint density at radius 2 is 1.87 bits per heavy atom. The summed E-state index contributed by atoms with van der Waals surface area (Å²) in [5, 5.41) is 17.3. The topological polar surface area (TPSA) is 49.7 Å². The molecular formula is C11H13BO3. The molecule has 78 valence electrons. The Balaban J connectivity index is 1.96. The van der Waals surface area contributed by atoms with E-state index in [1.165, 1.54) is 5.98 Å². The normalized spacial score (nSPS) is 15.6. The van der Waals surface area contributed by atoms with Crippen LogP contribution in [-0.2, 0) is 0 Å². The molecule has 0 radical (unpaired) electrons. The first kappa shape index (κ1) is 10.3. The first-order chi connectivity index (χ1) is 7.24. The molecule has 2 N–H and O–H groups in total. The van der Waals surface area contributed by atoms with Crippen LogP contribution in [0.2, 0.25) is 0 Å². The molecule has 2 rings (SSSR count). The van der Waals surface area contributed by atoms with Gasteiger partial charge in [-0.3, -0.25) is 0 Å². The molecule has 0 aliphatic heterocycles. The molecule has 0 bridgehead atoms. The number of rotatable bonds is 4. The lowest BCUT2D eigenvalue weighted by Crippen LogP contribution is -2.05. The largest absolute Gasteiger partial charge is 0.490 e. The second kappa shape index (κ2) is 4.51. The molecule has 0 unspecified atom stereocenters. The van der Waals surface area contributed by atoms with Gasteiger partial charge in [0.1, 0.15) is 5.75 Å².